The van der Waals surface area contributed by atoms with Crippen molar-refractivity contribution in [3.8, 4) is 0 Å². The Labute approximate surface area is 251 Å². The minimum Gasteiger partial charge on any atom is -0.463 e. The van der Waals surface area contributed by atoms with Gasteiger partial charge in [0.05, 0.1) is 6.61 Å². The fourth-order valence-corrected chi connectivity index (χ4v) is 4.63. The van der Waals surface area contributed by atoms with Crippen molar-refractivity contribution in [1.82, 2.24) is 5.32 Å². The summed E-state index contributed by atoms with van der Waals surface area (Å²) in [5.74, 6) is -5.57. The Balaban J connectivity index is 2.48. The SMILES string of the molecule is CC(=O)N[C@H]1[C@H](OC[C@H]2O[C@H](O)[C@H](OC(C)=O)[C@@H](OC(C)=O)[C@@H]2OC(C)=O)O[C@H](COC(C)=O)[C@@H](OC(C)=O)[C@@H]1OC(C)=O. The summed E-state index contributed by atoms with van der Waals surface area (Å²) in [4.78, 5) is 83.2. The zero-order valence-electron chi connectivity index (χ0n) is 25.2. The molecule has 0 saturated carbocycles. The number of carbonyl (C=O) groups excluding carboxylic acids is 7. The molecule has 0 bridgehead atoms. The van der Waals surface area contributed by atoms with E-state index in [0.29, 0.717) is 0 Å². The zero-order valence-corrected chi connectivity index (χ0v) is 25.2. The number of amides is 1. The van der Waals surface area contributed by atoms with Gasteiger partial charge in [0.25, 0.3) is 0 Å². The number of carbonyl (C=O) groups is 7. The molecule has 2 aliphatic heterocycles. The molecule has 0 spiro atoms. The van der Waals surface area contributed by atoms with Crippen molar-refractivity contribution in [2.24, 2.45) is 0 Å². The van der Waals surface area contributed by atoms with Crippen LogP contribution in [-0.2, 0) is 76.2 Å². The Hall–Kier alpha value is -3.87. The first-order valence-corrected chi connectivity index (χ1v) is 13.4. The lowest BCUT2D eigenvalue weighted by molar-refractivity contribution is -0.316. The number of ether oxygens (including phenoxy) is 9. The van der Waals surface area contributed by atoms with Gasteiger partial charge in [-0.2, -0.15) is 0 Å². The Morgan fingerprint density at radius 3 is 1.48 bits per heavy atom. The summed E-state index contributed by atoms with van der Waals surface area (Å²) < 4.78 is 48.7. The molecule has 0 unspecified atom stereocenters. The van der Waals surface area contributed by atoms with Gasteiger partial charge in [0.2, 0.25) is 5.91 Å². The van der Waals surface area contributed by atoms with Crippen molar-refractivity contribution in [2.75, 3.05) is 13.2 Å². The molecule has 0 aromatic carbocycles. The van der Waals surface area contributed by atoms with E-state index in [2.05, 4.69) is 5.32 Å². The summed E-state index contributed by atoms with van der Waals surface area (Å²) in [7, 11) is 0. The fourth-order valence-electron chi connectivity index (χ4n) is 4.63. The van der Waals surface area contributed by atoms with Crippen LogP contribution < -0.4 is 5.32 Å². The van der Waals surface area contributed by atoms with Crippen molar-refractivity contribution < 1.29 is 81.3 Å². The first-order valence-electron chi connectivity index (χ1n) is 13.4. The molecule has 0 radical (unpaired) electrons. The van der Waals surface area contributed by atoms with Gasteiger partial charge in [-0.3, -0.25) is 33.6 Å². The van der Waals surface area contributed by atoms with Crippen LogP contribution in [0.3, 0.4) is 0 Å². The van der Waals surface area contributed by atoms with E-state index in [1.807, 2.05) is 0 Å². The van der Waals surface area contributed by atoms with E-state index in [4.69, 9.17) is 42.6 Å². The van der Waals surface area contributed by atoms with E-state index in [-0.39, 0.29) is 0 Å². The van der Waals surface area contributed by atoms with Crippen molar-refractivity contribution >= 4 is 41.7 Å². The summed E-state index contributed by atoms with van der Waals surface area (Å²) in [6.07, 6.45) is -13.6. The number of esters is 6. The third-order valence-electron chi connectivity index (χ3n) is 6.01. The molecular weight excluding hydrogens is 598 g/mol. The van der Waals surface area contributed by atoms with Gasteiger partial charge in [-0.05, 0) is 0 Å². The van der Waals surface area contributed by atoms with Crippen LogP contribution in [0.25, 0.3) is 0 Å². The molecular formula is C26H37NO17. The molecule has 2 heterocycles. The number of aliphatic hydroxyl groups is 1. The van der Waals surface area contributed by atoms with Gasteiger partial charge in [0.15, 0.2) is 43.1 Å². The molecule has 2 aliphatic rings. The lowest BCUT2D eigenvalue weighted by Crippen LogP contribution is -2.67. The molecule has 0 aliphatic carbocycles. The summed E-state index contributed by atoms with van der Waals surface area (Å²) >= 11 is 0. The molecule has 0 aromatic rings. The maximum Gasteiger partial charge on any atom is 0.303 e. The third-order valence-corrected chi connectivity index (χ3v) is 6.01. The molecule has 1 amide bonds. The van der Waals surface area contributed by atoms with E-state index >= 15 is 0 Å². The van der Waals surface area contributed by atoms with Gasteiger partial charge >= 0.3 is 35.8 Å². The summed E-state index contributed by atoms with van der Waals surface area (Å²) in [6.45, 7) is 6.42. The molecule has 2 N–H and O–H groups in total. The van der Waals surface area contributed by atoms with E-state index in [1.165, 1.54) is 0 Å². The van der Waals surface area contributed by atoms with Crippen LogP contribution in [0.4, 0.5) is 0 Å². The monoisotopic (exact) mass is 635 g/mol. The second-order valence-electron chi connectivity index (χ2n) is 9.84. The van der Waals surface area contributed by atoms with Crippen LogP contribution in [0.2, 0.25) is 0 Å². The standard InChI is InChI=1S/C26H37NO17/c1-10(28)27-19-22(40-14(5)32)20(38-12(3)30)18(8-36-11(2)29)44-26(19)37-9-17-21(39-13(4)31)23(41-15(6)33)24(25(35)43-17)42-16(7)34/h17-26,35H,8-9H2,1-7H3,(H,27,28)/t17-,18-,19-,20-,21-,22-,23+,24-,25+,26-/m1/s1. The van der Waals surface area contributed by atoms with Gasteiger partial charge in [0, 0.05) is 48.5 Å². The maximum absolute atomic E-state index is 12.2. The van der Waals surface area contributed by atoms with Gasteiger partial charge in [-0.15, -0.1) is 0 Å². The number of rotatable bonds is 11. The van der Waals surface area contributed by atoms with Gasteiger partial charge in [-0.25, -0.2) is 0 Å². The topological polar surface area (TPSA) is 235 Å². The Morgan fingerprint density at radius 2 is 1.00 bits per heavy atom. The van der Waals surface area contributed by atoms with Crippen LogP contribution in [0.1, 0.15) is 48.5 Å². The minimum absolute atomic E-state index is 0.495. The van der Waals surface area contributed by atoms with Gasteiger partial charge in [-0.1, -0.05) is 0 Å². The van der Waals surface area contributed by atoms with Crippen LogP contribution in [-0.4, -0.2) is 121 Å². The van der Waals surface area contributed by atoms with E-state index < -0.39 is 116 Å². The Kier molecular flexibility index (Phi) is 13.4. The Bertz CT molecular complexity index is 1090. The lowest BCUT2D eigenvalue weighted by atomic mass is 9.95. The van der Waals surface area contributed by atoms with Crippen molar-refractivity contribution in [1.29, 1.82) is 0 Å². The summed E-state index contributed by atoms with van der Waals surface area (Å²) in [6, 6.07) is -1.34. The molecule has 18 nitrogen and oxygen atoms in total. The maximum atomic E-state index is 12.2. The van der Waals surface area contributed by atoms with Crippen LogP contribution in [0.5, 0.6) is 0 Å². The lowest BCUT2D eigenvalue weighted by Gasteiger charge is -2.46. The predicted octanol–water partition coefficient (Wildman–Crippen LogP) is -1.83. The molecule has 248 valence electrons. The number of nitrogens with one attached hydrogen (secondary N) is 1. The normalized spacial score (nSPS) is 31.5. The van der Waals surface area contributed by atoms with Crippen LogP contribution in [0.15, 0.2) is 0 Å². The zero-order chi connectivity index (χ0) is 33.3. The first kappa shape index (κ1) is 36.3. The van der Waals surface area contributed by atoms with E-state index in [9.17, 15) is 38.7 Å². The summed E-state index contributed by atoms with van der Waals surface area (Å²) in [5, 5.41) is 13.1. The second kappa shape index (κ2) is 16.3. The van der Waals surface area contributed by atoms with Crippen molar-refractivity contribution in [3.05, 3.63) is 0 Å². The largest absolute Gasteiger partial charge is 0.463 e. The minimum atomic E-state index is -1.89. The summed E-state index contributed by atoms with van der Waals surface area (Å²) in [5.41, 5.74) is 0. The molecule has 18 heteroatoms. The molecule has 44 heavy (non-hydrogen) atoms. The average Bonchev–Trinajstić information content (AvgIpc) is 2.87. The van der Waals surface area contributed by atoms with Crippen molar-refractivity contribution in [3.63, 3.8) is 0 Å². The predicted molar refractivity (Wildman–Crippen MR) is 138 cm³/mol. The quantitative estimate of drug-likeness (QED) is 0.188. The van der Waals surface area contributed by atoms with E-state index in [1.54, 1.807) is 0 Å². The fraction of sp³-hybridized carbons (Fsp3) is 0.731. The highest BCUT2D eigenvalue weighted by atomic mass is 16.7. The average molecular weight is 636 g/mol. The van der Waals surface area contributed by atoms with Crippen LogP contribution in [0, 0.1) is 0 Å². The number of hydrogen-bond donors (Lipinski definition) is 2. The molecule has 0 aromatic heterocycles. The smallest absolute Gasteiger partial charge is 0.303 e. The second-order valence-corrected chi connectivity index (χ2v) is 9.84. The van der Waals surface area contributed by atoms with E-state index in [0.717, 1.165) is 48.5 Å². The van der Waals surface area contributed by atoms with Crippen molar-refractivity contribution in [2.45, 2.75) is 110 Å². The number of aliphatic hydroxyl groups excluding tert-OH is 1. The van der Waals surface area contributed by atoms with Gasteiger partial charge < -0.3 is 53.1 Å². The first-order chi connectivity index (χ1) is 20.5. The molecule has 2 rings (SSSR count). The van der Waals surface area contributed by atoms with Crippen LogP contribution >= 0.6 is 0 Å². The highest BCUT2D eigenvalue weighted by Crippen LogP contribution is 2.31. The number of hydrogen-bond acceptors (Lipinski definition) is 17. The highest BCUT2D eigenvalue weighted by molar-refractivity contribution is 5.74. The Morgan fingerprint density at radius 1 is 0.568 bits per heavy atom. The highest BCUT2D eigenvalue weighted by Gasteiger charge is 2.54. The molecule has 2 fully saturated rings. The molecule has 10 atom stereocenters. The third kappa shape index (κ3) is 10.7. The molecule has 2 saturated heterocycles. The van der Waals surface area contributed by atoms with Gasteiger partial charge in [0.1, 0.15) is 24.9 Å².